The molecule has 0 saturated carbocycles. The molecule has 1 aromatic heterocycles. The van der Waals surface area contributed by atoms with E-state index < -0.39 is 0 Å². The van der Waals surface area contributed by atoms with E-state index in [1.165, 1.54) is 12.0 Å². The standard InChI is InChI=1S/C25H34N4O2/c1-28(2)13-9-25(30)29-14-8-21-5-3-20(17-23(21)29)18-24-26-12-7-22(27-24)6-4-19-10-15-31-16-11-19/h3,5,7,12,17,19H,4,6,8-11,13-16,18H2,1-2H3. The van der Waals surface area contributed by atoms with Crippen molar-refractivity contribution in [2.24, 2.45) is 5.92 Å². The molecule has 0 bridgehead atoms. The third-order valence-electron chi connectivity index (χ3n) is 6.39. The molecule has 4 rings (SSSR count). The molecule has 2 aliphatic rings. The molecule has 2 aliphatic heterocycles. The first-order valence-electron chi connectivity index (χ1n) is 11.5. The van der Waals surface area contributed by atoms with Crippen LogP contribution in [0.1, 0.15) is 48.3 Å². The molecule has 2 aromatic rings. The van der Waals surface area contributed by atoms with Gasteiger partial charge in [0.1, 0.15) is 5.82 Å². The lowest BCUT2D eigenvalue weighted by Gasteiger charge is -2.21. The predicted molar refractivity (Wildman–Crippen MR) is 122 cm³/mol. The topological polar surface area (TPSA) is 58.6 Å². The van der Waals surface area contributed by atoms with E-state index >= 15 is 0 Å². The fourth-order valence-electron chi connectivity index (χ4n) is 4.48. The van der Waals surface area contributed by atoms with Crippen LogP contribution in [-0.2, 0) is 28.8 Å². The number of carbonyl (C=O) groups is 1. The van der Waals surface area contributed by atoms with Gasteiger partial charge in [0.2, 0.25) is 5.91 Å². The molecule has 166 valence electrons. The lowest BCUT2D eigenvalue weighted by atomic mass is 9.94. The quantitative estimate of drug-likeness (QED) is 0.654. The Labute approximate surface area is 185 Å². The summed E-state index contributed by atoms with van der Waals surface area (Å²) in [6.07, 6.45) is 8.55. The van der Waals surface area contributed by atoms with Gasteiger partial charge in [0.25, 0.3) is 0 Å². The molecular formula is C25H34N4O2. The van der Waals surface area contributed by atoms with Crippen molar-refractivity contribution in [1.29, 1.82) is 0 Å². The zero-order valence-electron chi connectivity index (χ0n) is 18.8. The molecule has 1 aromatic carbocycles. The van der Waals surface area contributed by atoms with Crippen molar-refractivity contribution in [3.63, 3.8) is 0 Å². The van der Waals surface area contributed by atoms with E-state index in [0.717, 1.165) is 80.7 Å². The van der Waals surface area contributed by atoms with E-state index in [-0.39, 0.29) is 5.91 Å². The van der Waals surface area contributed by atoms with Crippen molar-refractivity contribution in [3.8, 4) is 0 Å². The molecule has 6 nitrogen and oxygen atoms in total. The van der Waals surface area contributed by atoms with Gasteiger partial charge in [-0.2, -0.15) is 0 Å². The highest BCUT2D eigenvalue weighted by Gasteiger charge is 2.24. The van der Waals surface area contributed by atoms with Crippen LogP contribution < -0.4 is 4.90 Å². The number of nitrogens with zero attached hydrogens (tertiary/aromatic N) is 4. The van der Waals surface area contributed by atoms with Crippen molar-refractivity contribution in [2.45, 2.75) is 44.9 Å². The van der Waals surface area contributed by atoms with Crippen LogP contribution in [0, 0.1) is 5.92 Å². The smallest absolute Gasteiger partial charge is 0.228 e. The summed E-state index contributed by atoms with van der Waals surface area (Å²) in [4.78, 5) is 26.0. The number of amides is 1. The van der Waals surface area contributed by atoms with Crippen molar-refractivity contribution in [3.05, 3.63) is 53.1 Å². The highest BCUT2D eigenvalue weighted by molar-refractivity contribution is 5.95. The highest BCUT2D eigenvalue weighted by atomic mass is 16.5. The first-order chi connectivity index (χ1) is 15.1. The van der Waals surface area contributed by atoms with Gasteiger partial charge in [-0.05, 0) is 75.4 Å². The average molecular weight is 423 g/mol. The van der Waals surface area contributed by atoms with Crippen molar-refractivity contribution in [1.82, 2.24) is 14.9 Å². The summed E-state index contributed by atoms with van der Waals surface area (Å²) in [5.74, 6) is 1.81. The molecule has 0 atom stereocenters. The number of hydrogen-bond donors (Lipinski definition) is 0. The van der Waals surface area contributed by atoms with Gasteiger partial charge in [-0.1, -0.05) is 12.1 Å². The van der Waals surface area contributed by atoms with Gasteiger partial charge >= 0.3 is 0 Å². The number of fused-ring (bicyclic) bond motifs is 1. The Bertz CT molecular complexity index is 893. The van der Waals surface area contributed by atoms with Gasteiger partial charge in [0.15, 0.2) is 0 Å². The maximum absolute atomic E-state index is 12.7. The highest BCUT2D eigenvalue weighted by Crippen LogP contribution is 2.30. The minimum Gasteiger partial charge on any atom is -0.381 e. The lowest BCUT2D eigenvalue weighted by Crippen LogP contribution is -2.31. The number of carbonyl (C=O) groups excluding carboxylic acids is 1. The normalized spacial score (nSPS) is 16.7. The minimum absolute atomic E-state index is 0.205. The predicted octanol–water partition coefficient (Wildman–Crippen LogP) is 3.27. The van der Waals surface area contributed by atoms with E-state index in [1.807, 2.05) is 31.3 Å². The number of aromatic nitrogens is 2. The number of anilines is 1. The molecule has 31 heavy (non-hydrogen) atoms. The summed E-state index contributed by atoms with van der Waals surface area (Å²) in [6.45, 7) is 3.35. The summed E-state index contributed by atoms with van der Waals surface area (Å²) in [5.41, 5.74) is 4.61. The fraction of sp³-hybridized carbons (Fsp3) is 0.560. The van der Waals surface area contributed by atoms with Gasteiger partial charge in [-0.15, -0.1) is 0 Å². The second kappa shape index (κ2) is 10.3. The first-order valence-corrected chi connectivity index (χ1v) is 11.5. The van der Waals surface area contributed by atoms with Gasteiger partial charge in [0, 0.05) is 56.7 Å². The Kier molecular flexibility index (Phi) is 7.30. The Morgan fingerprint density at radius 2 is 2.06 bits per heavy atom. The van der Waals surface area contributed by atoms with Crippen LogP contribution >= 0.6 is 0 Å². The van der Waals surface area contributed by atoms with Crippen LogP contribution in [0.25, 0.3) is 0 Å². The molecule has 0 aliphatic carbocycles. The molecule has 1 fully saturated rings. The van der Waals surface area contributed by atoms with Crippen LogP contribution in [0.15, 0.2) is 30.5 Å². The summed E-state index contributed by atoms with van der Waals surface area (Å²) in [5, 5.41) is 0. The zero-order valence-corrected chi connectivity index (χ0v) is 18.8. The molecule has 0 unspecified atom stereocenters. The van der Waals surface area contributed by atoms with E-state index in [0.29, 0.717) is 12.8 Å². The Morgan fingerprint density at radius 3 is 2.87 bits per heavy atom. The van der Waals surface area contributed by atoms with Crippen molar-refractivity contribution < 1.29 is 9.53 Å². The van der Waals surface area contributed by atoms with E-state index in [2.05, 4.69) is 28.1 Å². The monoisotopic (exact) mass is 422 g/mol. The Morgan fingerprint density at radius 1 is 1.23 bits per heavy atom. The lowest BCUT2D eigenvalue weighted by molar-refractivity contribution is -0.118. The molecule has 3 heterocycles. The number of benzene rings is 1. The second-order valence-corrected chi connectivity index (χ2v) is 9.05. The van der Waals surface area contributed by atoms with Crippen LogP contribution in [-0.4, -0.2) is 61.2 Å². The SMILES string of the molecule is CN(C)CCC(=O)N1CCc2ccc(Cc3nccc(CCC4CCOCC4)n3)cc21. The minimum atomic E-state index is 0.205. The third-order valence-corrected chi connectivity index (χ3v) is 6.39. The Balaban J connectivity index is 1.39. The van der Waals surface area contributed by atoms with Crippen molar-refractivity contribution in [2.75, 3.05) is 45.3 Å². The van der Waals surface area contributed by atoms with E-state index in [9.17, 15) is 4.79 Å². The number of rotatable bonds is 8. The second-order valence-electron chi connectivity index (χ2n) is 9.05. The fourth-order valence-corrected chi connectivity index (χ4v) is 4.48. The maximum Gasteiger partial charge on any atom is 0.228 e. The van der Waals surface area contributed by atoms with Gasteiger partial charge in [-0.25, -0.2) is 9.97 Å². The number of ether oxygens (including phenoxy) is 1. The molecule has 1 amide bonds. The van der Waals surface area contributed by atoms with Gasteiger partial charge in [-0.3, -0.25) is 4.79 Å². The first kappa shape index (κ1) is 21.9. The van der Waals surface area contributed by atoms with Crippen molar-refractivity contribution >= 4 is 11.6 Å². The van der Waals surface area contributed by atoms with Crippen LogP contribution in [0.2, 0.25) is 0 Å². The average Bonchev–Trinajstić information content (AvgIpc) is 3.20. The largest absolute Gasteiger partial charge is 0.381 e. The number of aryl methyl sites for hydroxylation is 1. The van der Waals surface area contributed by atoms with Gasteiger partial charge in [0.05, 0.1) is 0 Å². The van der Waals surface area contributed by atoms with Crippen LogP contribution in [0.5, 0.6) is 0 Å². The maximum atomic E-state index is 12.7. The Hall–Kier alpha value is -2.31. The summed E-state index contributed by atoms with van der Waals surface area (Å²) < 4.78 is 5.46. The van der Waals surface area contributed by atoms with Crippen LogP contribution in [0.4, 0.5) is 5.69 Å². The molecule has 1 saturated heterocycles. The summed E-state index contributed by atoms with van der Waals surface area (Å²) >= 11 is 0. The summed E-state index contributed by atoms with van der Waals surface area (Å²) in [6, 6.07) is 8.52. The van der Waals surface area contributed by atoms with Gasteiger partial charge < -0.3 is 14.5 Å². The molecule has 6 heteroatoms. The van der Waals surface area contributed by atoms with Crippen LogP contribution in [0.3, 0.4) is 0 Å². The number of hydrogen-bond acceptors (Lipinski definition) is 5. The third kappa shape index (κ3) is 5.89. The molecule has 0 spiro atoms. The molecule has 0 radical (unpaired) electrons. The van der Waals surface area contributed by atoms with E-state index in [1.54, 1.807) is 0 Å². The summed E-state index contributed by atoms with van der Waals surface area (Å²) in [7, 11) is 4.00. The molecular weight excluding hydrogens is 388 g/mol. The van der Waals surface area contributed by atoms with E-state index in [4.69, 9.17) is 9.72 Å². The molecule has 0 N–H and O–H groups in total. The zero-order chi connectivity index (χ0) is 21.6.